The van der Waals surface area contributed by atoms with Crippen molar-refractivity contribution in [2.24, 2.45) is 5.92 Å². The van der Waals surface area contributed by atoms with Crippen LogP contribution in [0.15, 0.2) is 18.2 Å². The maximum absolute atomic E-state index is 5.92. The maximum atomic E-state index is 5.92. The van der Waals surface area contributed by atoms with Gasteiger partial charge >= 0.3 is 0 Å². The largest absolute Gasteiger partial charge is 0.497 e. The Balaban J connectivity index is 2.62. The van der Waals surface area contributed by atoms with Gasteiger partial charge in [-0.15, -0.1) is 0 Å². The zero-order valence-corrected chi connectivity index (χ0v) is 13.5. The number of hydrogen-bond acceptors (Lipinski definition) is 3. The average molecular weight is 279 g/mol. The van der Waals surface area contributed by atoms with Crippen LogP contribution in [-0.2, 0) is 6.54 Å². The predicted octanol–water partition coefficient (Wildman–Crippen LogP) is 4.01. The first-order valence-electron chi connectivity index (χ1n) is 7.56. The minimum atomic E-state index is 0.454. The van der Waals surface area contributed by atoms with Crippen LogP contribution >= 0.6 is 0 Å². The Hall–Kier alpha value is -1.22. The second kappa shape index (κ2) is 8.85. The molecule has 0 heterocycles. The monoisotopic (exact) mass is 279 g/mol. The van der Waals surface area contributed by atoms with E-state index in [9.17, 15) is 0 Å². The molecule has 0 aliphatic carbocycles. The zero-order valence-electron chi connectivity index (χ0n) is 13.5. The Morgan fingerprint density at radius 3 is 2.50 bits per heavy atom. The van der Waals surface area contributed by atoms with Gasteiger partial charge in [0.1, 0.15) is 11.5 Å². The zero-order chi connectivity index (χ0) is 15.0. The fourth-order valence-electron chi connectivity index (χ4n) is 1.95. The molecule has 0 amide bonds. The molecule has 0 aliphatic heterocycles. The summed E-state index contributed by atoms with van der Waals surface area (Å²) in [6.07, 6.45) is 2.30. The molecule has 3 heteroatoms. The Bertz CT molecular complexity index is 389. The second-order valence-corrected chi connectivity index (χ2v) is 5.89. The van der Waals surface area contributed by atoms with Gasteiger partial charge in [0.25, 0.3) is 0 Å². The van der Waals surface area contributed by atoms with E-state index < -0.39 is 0 Å². The summed E-state index contributed by atoms with van der Waals surface area (Å²) in [5, 5.41) is 3.43. The van der Waals surface area contributed by atoms with Gasteiger partial charge in [0, 0.05) is 18.2 Å². The van der Waals surface area contributed by atoms with Crippen LogP contribution in [-0.4, -0.2) is 19.8 Å². The van der Waals surface area contributed by atoms with Gasteiger partial charge in [-0.05, 0) is 37.0 Å². The molecule has 0 aromatic heterocycles. The fourth-order valence-corrected chi connectivity index (χ4v) is 1.95. The molecule has 114 valence electrons. The molecule has 0 aliphatic rings. The average Bonchev–Trinajstić information content (AvgIpc) is 2.41. The highest BCUT2D eigenvalue weighted by Gasteiger charge is 2.07. The number of rotatable bonds is 9. The van der Waals surface area contributed by atoms with Crippen LogP contribution in [0.4, 0.5) is 0 Å². The molecule has 1 aromatic rings. The molecule has 0 atom stereocenters. The minimum absolute atomic E-state index is 0.454. The third kappa shape index (κ3) is 6.29. The Morgan fingerprint density at radius 1 is 1.15 bits per heavy atom. The van der Waals surface area contributed by atoms with Crippen molar-refractivity contribution in [2.75, 3.05) is 13.7 Å². The summed E-state index contributed by atoms with van der Waals surface area (Å²) in [6, 6.07) is 6.46. The van der Waals surface area contributed by atoms with Crippen LogP contribution in [0.5, 0.6) is 11.5 Å². The summed E-state index contributed by atoms with van der Waals surface area (Å²) < 4.78 is 11.2. The van der Waals surface area contributed by atoms with Gasteiger partial charge in [0.05, 0.1) is 13.7 Å². The molecule has 0 saturated heterocycles. The van der Waals surface area contributed by atoms with Gasteiger partial charge in [-0.2, -0.15) is 0 Å². The first-order valence-corrected chi connectivity index (χ1v) is 7.56. The van der Waals surface area contributed by atoms with E-state index in [-0.39, 0.29) is 0 Å². The van der Waals surface area contributed by atoms with E-state index in [0.717, 1.165) is 42.6 Å². The first-order chi connectivity index (χ1) is 9.52. The lowest BCUT2D eigenvalue weighted by molar-refractivity contribution is 0.293. The van der Waals surface area contributed by atoms with E-state index in [1.165, 1.54) is 6.42 Å². The molecular formula is C17H29NO2. The smallest absolute Gasteiger partial charge is 0.124 e. The van der Waals surface area contributed by atoms with Crippen LogP contribution in [0.2, 0.25) is 0 Å². The van der Waals surface area contributed by atoms with Crippen molar-refractivity contribution in [3.63, 3.8) is 0 Å². The number of hydrogen-bond donors (Lipinski definition) is 1. The van der Waals surface area contributed by atoms with Gasteiger partial charge in [-0.25, -0.2) is 0 Å². The van der Waals surface area contributed by atoms with Crippen LogP contribution in [0.25, 0.3) is 0 Å². The van der Waals surface area contributed by atoms with Crippen molar-refractivity contribution in [1.29, 1.82) is 0 Å². The Morgan fingerprint density at radius 2 is 1.90 bits per heavy atom. The summed E-state index contributed by atoms with van der Waals surface area (Å²) in [7, 11) is 1.69. The van der Waals surface area contributed by atoms with E-state index in [1.807, 2.05) is 18.2 Å². The molecule has 20 heavy (non-hydrogen) atoms. The fraction of sp³-hybridized carbons (Fsp3) is 0.647. The topological polar surface area (TPSA) is 30.5 Å². The standard InChI is InChI=1S/C17H29NO2/c1-13(2)7-6-10-20-17-9-8-16(19-5)11-15(17)12-18-14(3)4/h8-9,11,13-14,18H,6-7,10,12H2,1-5H3. The Labute approximate surface area is 123 Å². The maximum Gasteiger partial charge on any atom is 0.124 e. The summed E-state index contributed by atoms with van der Waals surface area (Å²) in [5.41, 5.74) is 1.16. The van der Waals surface area contributed by atoms with Crippen molar-refractivity contribution in [1.82, 2.24) is 5.32 Å². The molecule has 0 bridgehead atoms. The lowest BCUT2D eigenvalue weighted by atomic mass is 10.1. The summed E-state index contributed by atoms with van der Waals surface area (Å²) in [6.45, 7) is 10.3. The number of methoxy groups -OCH3 is 1. The van der Waals surface area contributed by atoms with Gasteiger partial charge in [0.2, 0.25) is 0 Å². The van der Waals surface area contributed by atoms with Crippen LogP contribution in [0, 0.1) is 5.92 Å². The van der Waals surface area contributed by atoms with Gasteiger partial charge in [0.15, 0.2) is 0 Å². The van der Waals surface area contributed by atoms with Crippen molar-refractivity contribution >= 4 is 0 Å². The molecule has 1 N–H and O–H groups in total. The first kappa shape index (κ1) is 16.8. The summed E-state index contributed by atoms with van der Waals surface area (Å²) in [5.74, 6) is 2.57. The molecule has 3 nitrogen and oxygen atoms in total. The normalized spacial score (nSPS) is 11.2. The number of ether oxygens (including phenoxy) is 2. The second-order valence-electron chi connectivity index (χ2n) is 5.89. The molecule has 0 unspecified atom stereocenters. The highest BCUT2D eigenvalue weighted by Crippen LogP contribution is 2.24. The SMILES string of the molecule is COc1ccc(OCCCC(C)C)c(CNC(C)C)c1. The van der Waals surface area contributed by atoms with Crippen LogP contribution in [0.3, 0.4) is 0 Å². The quantitative estimate of drug-likeness (QED) is 0.693. The molecule has 0 saturated carbocycles. The summed E-state index contributed by atoms with van der Waals surface area (Å²) >= 11 is 0. The van der Waals surface area contributed by atoms with Crippen LogP contribution in [0.1, 0.15) is 46.1 Å². The molecule has 0 spiro atoms. The van der Waals surface area contributed by atoms with E-state index in [4.69, 9.17) is 9.47 Å². The highest BCUT2D eigenvalue weighted by atomic mass is 16.5. The number of benzene rings is 1. The molecular weight excluding hydrogens is 250 g/mol. The molecule has 0 radical (unpaired) electrons. The molecule has 1 rings (SSSR count). The van der Waals surface area contributed by atoms with Crippen molar-refractivity contribution in [2.45, 2.75) is 53.1 Å². The minimum Gasteiger partial charge on any atom is -0.497 e. The van der Waals surface area contributed by atoms with E-state index in [0.29, 0.717) is 6.04 Å². The lowest BCUT2D eigenvalue weighted by Gasteiger charge is -2.15. The van der Waals surface area contributed by atoms with Crippen molar-refractivity contribution in [3.8, 4) is 11.5 Å². The van der Waals surface area contributed by atoms with Crippen molar-refractivity contribution in [3.05, 3.63) is 23.8 Å². The van der Waals surface area contributed by atoms with Gasteiger partial charge < -0.3 is 14.8 Å². The lowest BCUT2D eigenvalue weighted by Crippen LogP contribution is -2.22. The third-order valence-electron chi connectivity index (χ3n) is 3.15. The summed E-state index contributed by atoms with van der Waals surface area (Å²) in [4.78, 5) is 0. The highest BCUT2D eigenvalue weighted by molar-refractivity contribution is 5.40. The van der Waals surface area contributed by atoms with Gasteiger partial charge in [-0.1, -0.05) is 27.7 Å². The van der Waals surface area contributed by atoms with E-state index in [2.05, 4.69) is 33.0 Å². The predicted molar refractivity (Wildman–Crippen MR) is 84.5 cm³/mol. The van der Waals surface area contributed by atoms with Crippen LogP contribution < -0.4 is 14.8 Å². The Kier molecular flexibility index (Phi) is 7.45. The van der Waals surface area contributed by atoms with E-state index >= 15 is 0 Å². The van der Waals surface area contributed by atoms with Gasteiger partial charge in [-0.3, -0.25) is 0 Å². The third-order valence-corrected chi connectivity index (χ3v) is 3.15. The van der Waals surface area contributed by atoms with Crippen molar-refractivity contribution < 1.29 is 9.47 Å². The molecule has 1 aromatic carbocycles. The molecule has 0 fully saturated rings. The van der Waals surface area contributed by atoms with E-state index in [1.54, 1.807) is 7.11 Å². The number of nitrogens with one attached hydrogen (secondary N) is 1.